The van der Waals surface area contributed by atoms with Crippen LogP contribution in [0.15, 0.2) is 0 Å². The molecule has 0 heterocycles. The Morgan fingerprint density at radius 2 is 1.64 bits per heavy atom. The Hall–Kier alpha value is 0.657. The lowest BCUT2D eigenvalue weighted by molar-refractivity contribution is 0.0103. The molecule has 0 bridgehead atoms. The molecule has 1 nitrogen and oxygen atoms in total. The largest absolute Gasteiger partial charge is 0.421 e. The maximum absolute atomic E-state index is 5.70. The van der Waals surface area contributed by atoms with Crippen LogP contribution >= 0.6 is 15.9 Å². The van der Waals surface area contributed by atoms with Crippen LogP contribution in [0, 0.1) is 11.8 Å². The van der Waals surface area contributed by atoms with Crippen molar-refractivity contribution in [2.24, 2.45) is 11.8 Å². The third-order valence-electron chi connectivity index (χ3n) is 2.54. The van der Waals surface area contributed by atoms with E-state index in [9.17, 15) is 0 Å². The van der Waals surface area contributed by atoms with Gasteiger partial charge in [0.05, 0.1) is 5.60 Å². The molecule has 0 aromatic heterocycles. The molecule has 0 aromatic carbocycles. The fourth-order valence-electron chi connectivity index (χ4n) is 1.50. The zero-order valence-electron chi connectivity index (χ0n) is 8.15. The molecule has 0 saturated heterocycles. The first-order valence-electron chi connectivity index (χ1n) is 4.12. The van der Waals surface area contributed by atoms with Gasteiger partial charge in [0.2, 0.25) is 0 Å². The fourth-order valence-corrected chi connectivity index (χ4v) is 4.53. The van der Waals surface area contributed by atoms with Crippen molar-refractivity contribution < 1.29 is 4.43 Å². The van der Waals surface area contributed by atoms with Gasteiger partial charge in [0, 0.05) is 5.33 Å². The van der Waals surface area contributed by atoms with Gasteiger partial charge in [0.15, 0.2) is 0 Å². The molecule has 0 aliphatic heterocycles. The first kappa shape index (κ1) is 11.7. The van der Waals surface area contributed by atoms with Gasteiger partial charge in [-0.25, -0.2) is 0 Å². The van der Waals surface area contributed by atoms with Crippen LogP contribution in [0.25, 0.3) is 0 Å². The number of halogens is 1. The minimum Gasteiger partial charge on any atom is -0.421 e. The average Bonchev–Trinajstić information content (AvgIpc) is 1.90. The van der Waals surface area contributed by atoms with Crippen LogP contribution in [-0.2, 0) is 4.43 Å². The zero-order valence-corrected chi connectivity index (χ0v) is 11.7. The molecule has 0 rings (SSSR count). The topological polar surface area (TPSA) is 9.23 Å². The van der Waals surface area contributed by atoms with Crippen LogP contribution in [0.3, 0.4) is 0 Å². The van der Waals surface area contributed by atoms with E-state index in [4.69, 9.17) is 4.43 Å². The molecular formula is C8H19BrOSi. The van der Waals surface area contributed by atoms with Crippen molar-refractivity contribution in [3.63, 3.8) is 0 Å². The van der Waals surface area contributed by atoms with E-state index in [1.54, 1.807) is 0 Å². The summed E-state index contributed by atoms with van der Waals surface area (Å²) in [6.45, 7) is 8.89. The van der Waals surface area contributed by atoms with Crippen molar-refractivity contribution in [1.82, 2.24) is 0 Å². The molecular weight excluding hydrogens is 220 g/mol. The SMILES string of the molecule is CC(C)C(CBr)(O[SiH3])C(C)C. The summed E-state index contributed by atoms with van der Waals surface area (Å²) in [6, 6.07) is 0. The summed E-state index contributed by atoms with van der Waals surface area (Å²) in [6.07, 6.45) is 0. The van der Waals surface area contributed by atoms with Crippen LogP contribution in [0.5, 0.6) is 0 Å². The smallest absolute Gasteiger partial charge is 0.146 e. The molecule has 0 fully saturated rings. The lowest BCUT2D eigenvalue weighted by Gasteiger charge is -2.39. The molecule has 68 valence electrons. The lowest BCUT2D eigenvalue weighted by Crippen LogP contribution is -2.44. The maximum Gasteiger partial charge on any atom is 0.146 e. The monoisotopic (exact) mass is 238 g/mol. The van der Waals surface area contributed by atoms with Crippen LogP contribution in [0.1, 0.15) is 27.7 Å². The third-order valence-corrected chi connectivity index (χ3v) is 4.18. The summed E-state index contributed by atoms with van der Waals surface area (Å²) in [7, 11) is 0.821. The highest BCUT2D eigenvalue weighted by Crippen LogP contribution is 2.31. The van der Waals surface area contributed by atoms with Crippen LogP contribution in [-0.4, -0.2) is 21.4 Å². The fraction of sp³-hybridized carbons (Fsp3) is 1.00. The molecule has 0 radical (unpaired) electrons. The van der Waals surface area contributed by atoms with Crippen LogP contribution in [0.4, 0.5) is 0 Å². The van der Waals surface area contributed by atoms with Crippen molar-refractivity contribution in [3.05, 3.63) is 0 Å². The minimum absolute atomic E-state index is 0.0617. The third kappa shape index (κ3) is 2.29. The Morgan fingerprint density at radius 1 is 1.27 bits per heavy atom. The number of hydrogen-bond acceptors (Lipinski definition) is 1. The highest BCUT2D eigenvalue weighted by Gasteiger charge is 2.35. The summed E-state index contributed by atoms with van der Waals surface area (Å²) in [5, 5.41) is 0.943. The summed E-state index contributed by atoms with van der Waals surface area (Å²) < 4.78 is 5.70. The standard InChI is InChI=1S/C8H19BrOSi/c1-6(2)8(5-9,10-11)7(3)4/h6-7H,5H2,1-4,11H3. The Labute approximate surface area is 81.6 Å². The predicted molar refractivity (Wildman–Crippen MR) is 57.2 cm³/mol. The second-order valence-corrected chi connectivity index (χ2v) is 4.57. The average molecular weight is 239 g/mol. The van der Waals surface area contributed by atoms with Gasteiger partial charge in [0.25, 0.3) is 0 Å². The van der Waals surface area contributed by atoms with Gasteiger partial charge in [-0.15, -0.1) is 0 Å². The molecule has 11 heavy (non-hydrogen) atoms. The van der Waals surface area contributed by atoms with E-state index < -0.39 is 0 Å². The van der Waals surface area contributed by atoms with E-state index in [0.29, 0.717) is 11.8 Å². The molecule has 0 aliphatic rings. The Kier molecular flexibility index (Phi) is 4.90. The number of rotatable bonds is 4. The Bertz CT molecular complexity index is 101. The molecule has 0 aliphatic carbocycles. The summed E-state index contributed by atoms with van der Waals surface area (Å²) in [5.74, 6) is 1.17. The van der Waals surface area contributed by atoms with Gasteiger partial charge in [-0.3, -0.25) is 0 Å². The van der Waals surface area contributed by atoms with Gasteiger partial charge in [-0.05, 0) is 11.8 Å². The lowest BCUT2D eigenvalue weighted by atomic mass is 9.82. The van der Waals surface area contributed by atoms with Crippen molar-refractivity contribution in [3.8, 4) is 0 Å². The van der Waals surface area contributed by atoms with Crippen LogP contribution in [0.2, 0.25) is 0 Å². The molecule has 0 spiro atoms. The predicted octanol–water partition coefficient (Wildman–Crippen LogP) is 1.73. The normalized spacial score (nSPS) is 13.4. The second-order valence-electron chi connectivity index (χ2n) is 3.60. The molecule has 0 saturated carbocycles. The van der Waals surface area contributed by atoms with Crippen LogP contribution < -0.4 is 0 Å². The van der Waals surface area contributed by atoms with Crippen molar-refractivity contribution in [2.75, 3.05) is 5.33 Å². The van der Waals surface area contributed by atoms with E-state index in [0.717, 1.165) is 15.8 Å². The molecule has 0 atom stereocenters. The van der Waals surface area contributed by atoms with Crippen molar-refractivity contribution in [1.29, 1.82) is 0 Å². The summed E-state index contributed by atoms with van der Waals surface area (Å²) in [5.41, 5.74) is 0.0617. The maximum atomic E-state index is 5.70. The first-order chi connectivity index (χ1) is 5.01. The molecule has 0 unspecified atom stereocenters. The number of alkyl halides is 1. The number of hydrogen-bond donors (Lipinski definition) is 0. The second kappa shape index (κ2) is 4.63. The van der Waals surface area contributed by atoms with Gasteiger partial charge >= 0.3 is 0 Å². The molecule has 0 aromatic rings. The minimum atomic E-state index is 0.0617. The molecule has 0 N–H and O–H groups in total. The van der Waals surface area contributed by atoms with E-state index >= 15 is 0 Å². The van der Waals surface area contributed by atoms with Crippen molar-refractivity contribution >= 4 is 26.4 Å². The highest BCUT2D eigenvalue weighted by atomic mass is 79.9. The summed E-state index contributed by atoms with van der Waals surface area (Å²) >= 11 is 3.53. The van der Waals surface area contributed by atoms with E-state index in [1.165, 1.54) is 0 Å². The van der Waals surface area contributed by atoms with Crippen molar-refractivity contribution in [2.45, 2.75) is 33.3 Å². The first-order valence-corrected chi connectivity index (χ1v) is 6.06. The van der Waals surface area contributed by atoms with E-state index in [1.807, 2.05) is 0 Å². The van der Waals surface area contributed by atoms with Gasteiger partial charge in [-0.2, -0.15) is 0 Å². The summed E-state index contributed by atoms with van der Waals surface area (Å²) in [4.78, 5) is 0. The Balaban J connectivity index is 4.46. The quantitative estimate of drug-likeness (QED) is 0.536. The highest BCUT2D eigenvalue weighted by molar-refractivity contribution is 9.09. The Morgan fingerprint density at radius 3 is 1.64 bits per heavy atom. The zero-order chi connectivity index (χ0) is 9.07. The van der Waals surface area contributed by atoms with Gasteiger partial charge < -0.3 is 4.43 Å². The van der Waals surface area contributed by atoms with Gasteiger partial charge in [0.1, 0.15) is 10.5 Å². The van der Waals surface area contributed by atoms with Gasteiger partial charge in [-0.1, -0.05) is 43.6 Å². The molecule has 3 heteroatoms. The van der Waals surface area contributed by atoms with E-state index in [2.05, 4.69) is 43.6 Å². The van der Waals surface area contributed by atoms with E-state index in [-0.39, 0.29) is 5.60 Å². The molecule has 0 amide bonds.